The Balaban J connectivity index is 1.41. The molecule has 0 saturated carbocycles. The minimum Gasteiger partial charge on any atom is -0.395 e. The fraction of sp³-hybridized carbons (Fsp3) is 0.0250. The Labute approximate surface area is 266 Å². The summed E-state index contributed by atoms with van der Waals surface area (Å²) < 4.78 is 47.5. The van der Waals surface area contributed by atoms with Crippen LogP contribution in [0.15, 0.2) is 178 Å². The summed E-state index contributed by atoms with van der Waals surface area (Å²) in [4.78, 5) is 14.2. The van der Waals surface area contributed by atoms with E-state index in [4.69, 9.17) is 4.18 Å². The summed E-state index contributed by atoms with van der Waals surface area (Å²) in [6.45, 7) is 0. The van der Waals surface area contributed by atoms with Crippen LogP contribution >= 0.6 is 10.3 Å². The van der Waals surface area contributed by atoms with Crippen molar-refractivity contribution in [1.82, 2.24) is 0 Å². The molecule has 0 bridgehead atoms. The van der Waals surface area contributed by atoms with Crippen molar-refractivity contribution < 1.29 is 22.1 Å². The third kappa shape index (κ3) is 5.31. The van der Waals surface area contributed by atoms with Gasteiger partial charge in [-0.05, 0) is 90.5 Å². The zero-order valence-corrected chi connectivity index (χ0v) is 25.3. The van der Waals surface area contributed by atoms with E-state index in [0.717, 1.165) is 43.8 Å². The lowest BCUT2D eigenvalue weighted by atomic mass is 9.98. The molecule has 0 fully saturated rings. The lowest BCUT2D eigenvalue weighted by Gasteiger charge is -2.40. The molecule has 0 aliphatic rings. The van der Waals surface area contributed by atoms with Crippen LogP contribution in [0.4, 0.5) is 13.2 Å². The quantitative estimate of drug-likeness (QED) is 0.183. The predicted molar refractivity (Wildman–Crippen MR) is 180 cm³/mol. The predicted octanol–water partition coefficient (Wildman–Crippen LogP) is 11.6. The van der Waals surface area contributed by atoms with Gasteiger partial charge in [0, 0.05) is 14.7 Å². The number of carbonyl (C=O) groups excluding carboxylic acids is 1. The number of benzene rings is 7. The summed E-state index contributed by atoms with van der Waals surface area (Å²) in [5.41, 5.74) is 3.79. The van der Waals surface area contributed by atoms with Crippen LogP contribution in [0.5, 0.6) is 0 Å². The van der Waals surface area contributed by atoms with Gasteiger partial charge in [-0.25, -0.2) is 4.79 Å². The largest absolute Gasteiger partial charge is 0.491 e. The van der Waals surface area contributed by atoms with E-state index in [1.807, 2.05) is 109 Å². The van der Waals surface area contributed by atoms with E-state index in [0.29, 0.717) is 14.7 Å². The fourth-order valence-corrected chi connectivity index (χ4v) is 8.94. The highest BCUT2D eigenvalue weighted by Crippen LogP contribution is 2.69. The molecule has 0 N–H and O–H groups in total. The molecule has 6 heteroatoms. The first-order valence-electron chi connectivity index (χ1n) is 14.7. The van der Waals surface area contributed by atoms with Gasteiger partial charge in [-0.2, -0.15) is 13.2 Å². The molecule has 0 saturated heterocycles. The first kappa shape index (κ1) is 29.4. The summed E-state index contributed by atoms with van der Waals surface area (Å²) in [5, 5.41) is 4.29. The van der Waals surface area contributed by atoms with Gasteiger partial charge >= 0.3 is 12.1 Å². The Morgan fingerprint density at radius 1 is 0.457 bits per heavy atom. The van der Waals surface area contributed by atoms with Crippen molar-refractivity contribution in [2.45, 2.75) is 20.9 Å². The first-order chi connectivity index (χ1) is 22.3. The van der Waals surface area contributed by atoms with Crippen molar-refractivity contribution in [3.05, 3.63) is 164 Å². The normalized spacial score (nSPS) is 12.2. The van der Waals surface area contributed by atoms with Gasteiger partial charge < -0.3 is 4.18 Å². The number of hydrogen-bond acceptors (Lipinski definition) is 2. The van der Waals surface area contributed by atoms with E-state index >= 15 is 0 Å². The SMILES string of the molecule is O=C(OS(c1ccccc1)(c1ccc(-c2cccc3ccccc23)cc1)c1ccc(-c2cccc3ccccc23)cc1)C(F)(F)F. The van der Waals surface area contributed by atoms with Crippen LogP contribution in [-0.2, 0) is 8.98 Å². The molecule has 0 aliphatic carbocycles. The highest BCUT2D eigenvalue weighted by molar-refractivity contribution is 8.30. The van der Waals surface area contributed by atoms with Crippen LogP contribution in [0.1, 0.15) is 0 Å². The third-order valence-electron chi connectivity index (χ3n) is 8.08. The summed E-state index contributed by atoms with van der Waals surface area (Å²) >= 11 is 0. The van der Waals surface area contributed by atoms with Gasteiger partial charge in [-0.1, -0.05) is 127 Å². The molecule has 0 atom stereocenters. The van der Waals surface area contributed by atoms with Gasteiger partial charge in [0.1, 0.15) is 0 Å². The van der Waals surface area contributed by atoms with Crippen LogP contribution < -0.4 is 0 Å². The molecular weight excluding hydrogens is 601 g/mol. The van der Waals surface area contributed by atoms with E-state index in [9.17, 15) is 18.0 Å². The summed E-state index contributed by atoms with van der Waals surface area (Å²) in [6, 6.07) is 51.5. The smallest absolute Gasteiger partial charge is 0.395 e. The lowest BCUT2D eigenvalue weighted by molar-refractivity contribution is -0.188. The maximum absolute atomic E-state index is 13.9. The van der Waals surface area contributed by atoms with E-state index in [1.54, 1.807) is 54.6 Å². The molecule has 0 spiro atoms. The first-order valence-corrected chi connectivity index (χ1v) is 16.3. The van der Waals surface area contributed by atoms with Gasteiger partial charge in [0.05, 0.1) is 0 Å². The molecule has 0 aliphatic heterocycles. The highest BCUT2D eigenvalue weighted by Gasteiger charge is 2.47. The van der Waals surface area contributed by atoms with Crippen LogP contribution in [0.3, 0.4) is 0 Å². The van der Waals surface area contributed by atoms with Crippen LogP contribution in [-0.4, -0.2) is 12.1 Å². The molecule has 0 heterocycles. The molecule has 7 aromatic rings. The second kappa shape index (κ2) is 11.9. The Kier molecular flexibility index (Phi) is 7.59. The zero-order chi connectivity index (χ0) is 31.7. The zero-order valence-electron chi connectivity index (χ0n) is 24.4. The summed E-state index contributed by atoms with van der Waals surface area (Å²) in [6.07, 6.45) is -5.18. The fourth-order valence-electron chi connectivity index (χ4n) is 5.93. The molecule has 0 unspecified atom stereocenters. The van der Waals surface area contributed by atoms with Gasteiger partial charge in [-0.15, -0.1) is 0 Å². The molecular formula is C40H27F3O2S. The molecule has 226 valence electrons. The summed E-state index contributed by atoms with van der Waals surface area (Å²) in [7, 11) is -3.17. The highest BCUT2D eigenvalue weighted by atomic mass is 32.3. The maximum atomic E-state index is 13.9. The summed E-state index contributed by atoms with van der Waals surface area (Å²) in [5.74, 6) is -2.23. The second-order valence-electron chi connectivity index (χ2n) is 10.8. The number of alkyl halides is 3. The average molecular weight is 629 g/mol. The van der Waals surface area contributed by atoms with Crippen LogP contribution in [0.2, 0.25) is 0 Å². The Morgan fingerprint density at radius 3 is 1.30 bits per heavy atom. The molecule has 0 amide bonds. The van der Waals surface area contributed by atoms with Crippen molar-refractivity contribution in [1.29, 1.82) is 0 Å². The Hall–Kier alpha value is -5.33. The van der Waals surface area contributed by atoms with Gasteiger partial charge in [-0.3, -0.25) is 0 Å². The standard InChI is InChI=1S/C40H27F3O2S/c41-40(42,43)39(44)45-46(32-14-2-1-3-15-32,33-24-20-30(21-25-33)37-18-8-12-28-10-4-6-16-35(28)37)34-26-22-31(23-27-34)38-19-9-13-29-11-5-7-17-36(29)38/h1-27H. The number of rotatable bonds is 6. The molecule has 0 radical (unpaired) electrons. The number of halogens is 3. The van der Waals surface area contributed by atoms with E-state index in [1.165, 1.54) is 0 Å². The van der Waals surface area contributed by atoms with E-state index in [-0.39, 0.29) is 0 Å². The Bertz CT molecular complexity index is 2040. The van der Waals surface area contributed by atoms with Crippen molar-refractivity contribution in [2.75, 3.05) is 0 Å². The van der Waals surface area contributed by atoms with Crippen molar-refractivity contribution in [3.8, 4) is 22.3 Å². The van der Waals surface area contributed by atoms with Crippen molar-refractivity contribution >= 4 is 37.8 Å². The monoisotopic (exact) mass is 628 g/mol. The maximum Gasteiger partial charge on any atom is 0.491 e. The third-order valence-corrected chi connectivity index (χ3v) is 11.3. The molecule has 0 aromatic heterocycles. The van der Waals surface area contributed by atoms with Gasteiger partial charge in [0.15, 0.2) is 0 Å². The van der Waals surface area contributed by atoms with Crippen LogP contribution in [0.25, 0.3) is 43.8 Å². The Morgan fingerprint density at radius 2 is 0.848 bits per heavy atom. The average Bonchev–Trinajstić information content (AvgIpc) is 3.10. The van der Waals surface area contributed by atoms with E-state index in [2.05, 4.69) is 0 Å². The molecule has 2 nitrogen and oxygen atoms in total. The molecule has 46 heavy (non-hydrogen) atoms. The second-order valence-corrected chi connectivity index (χ2v) is 13.5. The topological polar surface area (TPSA) is 26.3 Å². The van der Waals surface area contributed by atoms with Gasteiger partial charge in [0.2, 0.25) is 0 Å². The minimum absolute atomic E-state index is 0.471. The van der Waals surface area contributed by atoms with Crippen molar-refractivity contribution in [3.63, 3.8) is 0 Å². The van der Waals surface area contributed by atoms with Crippen molar-refractivity contribution in [2.24, 2.45) is 0 Å². The molecule has 7 rings (SSSR count). The number of fused-ring (bicyclic) bond motifs is 2. The molecule has 7 aromatic carbocycles. The number of carbonyl (C=O) groups is 1. The van der Waals surface area contributed by atoms with Gasteiger partial charge in [0.25, 0.3) is 0 Å². The van der Waals surface area contributed by atoms with E-state index < -0.39 is 22.5 Å². The number of hydrogen-bond donors (Lipinski definition) is 0. The van der Waals surface area contributed by atoms with Crippen LogP contribution in [0, 0.1) is 0 Å². The minimum atomic E-state index is -5.18. The lowest BCUT2D eigenvalue weighted by Crippen LogP contribution is -2.27.